The van der Waals surface area contributed by atoms with Gasteiger partial charge in [0.15, 0.2) is 0 Å². The van der Waals surface area contributed by atoms with Gasteiger partial charge in [-0.15, -0.1) is 0 Å². The lowest BCUT2D eigenvalue weighted by Gasteiger charge is -2.26. The van der Waals surface area contributed by atoms with E-state index in [2.05, 4.69) is 163 Å². The number of hydrogen-bond donors (Lipinski definition) is 0. The van der Waals surface area contributed by atoms with Gasteiger partial charge >= 0.3 is 0 Å². The van der Waals surface area contributed by atoms with Gasteiger partial charge in [0.25, 0.3) is 0 Å². The predicted octanol–water partition coefficient (Wildman–Crippen LogP) is 15.6. The van der Waals surface area contributed by atoms with Gasteiger partial charge in [-0.2, -0.15) is 0 Å². The Balaban J connectivity index is 1.01. The number of nitrogens with zero attached hydrogens (tertiary/aromatic N) is 1. The van der Waals surface area contributed by atoms with E-state index in [0.717, 1.165) is 50.4 Å². The molecule has 0 radical (unpaired) electrons. The maximum atomic E-state index is 9.67. The number of fused-ring (bicyclic) bond motifs is 5. The monoisotopic (exact) mass is 741 g/mol. The van der Waals surface area contributed by atoms with Crippen molar-refractivity contribution in [2.24, 2.45) is 0 Å². The molecule has 1 nitrogen and oxygen atoms in total. The standard InChI is InChI=1S/C57H39N/c1-3-18-49-40(12-1)14-10-24-51(49)42-28-34-47(35-29-42)58(48-36-30-43(31-37-48)52-25-11-15-41-13-2-4-19-50(41)52)46-32-26-39(27-33-46)44-16-9-17-45(38-44)57-55-22-7-5-20-53(55)54-21-6-8-23-56(54)57/h1-38,57H/i9D,16D,17D,38D. The van der Waals surface area contributed by atoms with Crippen molar-refractivity contribution in [3.63, 3.8) is 0 Å². The molecule has 0 fully saturated rings. The Hall–Kier alpha value is -7.48. The van der Waals surface area contributed by atoms with Crippen LogP contribution in [0.15, 0.2) is 230 Å². The zero-order valence-electron chi connectivity index (χ0n) is 35.7. The van der Waals surface area contributed by atoms with Gasteiger partial charge in [0.1, 0.15) is 0 Å². The smallest absolute Gasteiger partial charge is 0.0633 e. The summed E-state index contributed by atoms with van der Waals surface area (Å²) in [5.74, 6) is -0.380. The normalized spacial score (nSPS) is 13.0. The van der Waals surface area contributed by atoms with Crippen molar-refractivity contribution in [1.29, 1.82) is 0 Å². The van der Waals surface area contributed by atoms with Crippen molar-refractivity contribution in [2.45, 2.75) is 5.92 Å². The molecule has 1 heteroatoms. The summed E-state index contributed by atoms with van der Waals surface area (Å²) in [4.78, 5) is 2.23. The first-order valence-corrected chi connectivity index (χ1v) is 19.8. The first-order chi connectivity index (χ1) is 30.4. The lowest BCUT2D eigenvalue weighted by Crippen LogP contribution is -2.09. The summed E-state index contributed by atoms with van der Waals surface area (Å²) in [5.41, 5.74) is 13.2. The third-order valence-corrected chi connectivity index (χ3v) is 11.6. The van der Waals surface area contributed by atoms with E-state index in [4.69, 9.17) is 4.11 Å². The average Bonchev–Trinajstić information content (AvgIpc) is 3.65. The highest BCUT2D eigenvalue weighted by Gasteiger charge is 2.29. The van der Waals surface area contributed by atoms with Crippen LogP contribution in [0.25, 0.3) is 66.1 Å². The third-order valence-electron chi connectivity index (χ3n) is 11.6. The zero-order chi connectivity index (χ0) is 41.9. The van der Waals surface area contributed by atoms with Gasteiger partial charge in [-0.05, 0) is 119 Å². The van der Waals surface area contributed by atoms with Crippen molar-refractivity contribution in [2.75, 3.05) is 4.90 Å². The molecule has 11 rings (SSSR count). The highest BCUT2D eigenvalue weighted by atomic mass is 15.1. The van der Waals surface area contributed by atoms with Gasteiger partial charge in [-0.25, -0.2) is 0 Å². The molecule has 0 bridgehead atoms. The maximum Gasteiger partial charge on any atom is 0.0633 e. The quantitative estimate of drug-likeness (QED) is 0.157. The summed E-state index contributed by atoms with van der Waals surface area (Å²) >= 11 is 0. The van der Waals surface area contributed by atoms with Crippen LogP contribution in [0, 0.1) is 0 Å². The number of hydrogen-bond acceptors (Lipinski definition) is 1. The van der Waals surface area contributed by atoms with Crippen LogP contribution >= 0.6 is 0 Å². The van der Waals surface area contributed by atoms with E-state index in [-0.39, 0.29) is 30.1 Å². The third kappa shape index (κ3) is 5.88. The minimum Gasteiger partial charge on any atom is -0.311 e. The zero-order valence-corrected chi connectivity index (χ0v) is 31.7. The molecule has 0 saturated heterocycles. The molecule has 0 aromatic heterocycles. The predicted molar refractivity (Wildman–Crippen MR) is 245 cm³/mol. The SMILES string of the molecule is [2H]c1c([2H])c(-c2ccc(N(c3ccc(-c4cccc5ccccc45)cc3)c3ccc(-c4cccc5ccccc45)cc3)cc2)c([2H])c(C2c3ccccc3-c3ccccc32)c1[2H]. The van der Waals surface area contributed by atoms with Crippen LogP contribution in [0.4, 0.5) is 17.1 Å². The molecule has 0 saturated carbocycles. The average molecular weight is 742 g/mol. The van der Waals surface area contributed by atoms with E-state index in [1.54, 1.807) is 0 Å². The van der Waals surface area contributed by atoms with Crippen molar-refractivity contribution in [3.8, 4) is 44.5 Å². The molecule has 10 aromatic rings. The lowest BCUT2D eigenvalue weighted by molar-refractivity contribution is 1.02. The van der Waals surface area contributed by atoms with E-state index < -0.39 is 0 Å². The van der Waals surface area contributed by atoms with E-state index in [0.29, 0.717) is 16.7 Å². The molecule has 0 aliphatic heterocycles. The molecule has 0 heterocycles. The van der Waals surface area contributed by atoms with Crippen LogP contribution in [-0.4, -0.2) is 0 Å². The molecule has 1 aliphatic rings. The summed E-state index contributed by atoms with van der Waals surface area (Å²) in [5, 5.41) is 4.82. The highest BCUT2D eigenvalue weighted by molar-refractivity contribution is 5.98. The summed E-state index contributed by atoms with van der Waals surface area (Å²) in [6.45, 7) is 0. The van der Waals surface area contributed by atoms with Crippen LogP contribution < -0.4 is 4.90 Å². The minimum absolute atomic E-state index is 0.0676. The molecule has 0 spiro atoms. The summed E-state index contributed by atoms with van der Waals surface area (Å²) < 4.78 is 37.0. The molecule has 1 aliphatic carbocycles. The van der Waals surface area contributed by atoms with Crippen LogP contribution in [0.5, 0.6) is 0 Å². The fraction of sp³-hybridized carbons (Fsp3) is 0.0175. The van der Waals surface area contributed by atoms with E-state index in [1.807, 2.05) is 48.5 Å². The first-order valence-electron chi connectivity index (χ1n) is 21.8. The summed E-state index contributed by atoms with van der Waals surface area (Å²) in [6, 6.07) is 71.2. The van der Waals surface area contributed by atoms with E-state index in [9.17, 15) is 1.37 Å². The Morgan fingerprint density at radius 2 is 0.759 bits per heavy atom. The van der Waals surface area contributed by atoms with Crippen molar-refractivity contribution >= 4 is 38.6 Å². The summed E-state index contributed by atoms with van der Waals surface area (Å²) in [6.07, 6.45) is 0. The molecule has 0 atom stereocenters. The van der Waals surface area contributed by atoms with Gasteiger partial charge in [-0.3, -0.25) is 0 Å². The largest absolute Gasteiger partial charge is 0.311 e. The Morgan fingerprint density at radius 3 is 1.28 bits per heavy atom. The fourth-order valence-corrected chi connectivity index (χ4v) is 8.87. The molecule has 0 N–H and O–H groups in total. The minimum atomic E-state index is -0.380. The van der Waals surface area contributed by atoms with Crippen LogP contribution in [0.2, 0.25) is 0 Å². The number of anilines is 3. The van der Waals surface area contributed by atoms with Crippen molar-refractivity contribution in [3.05, 3.63) is 247 Å². The molecule has 272 valence electrons. The van der Waals surface area contributed by atoms with Crippen LogP contribution in [0.1, 0.15) is 28.1 Å². The van der Waals surface area contributed by atoms with Crippen molar-refractivity contribution in [1.82, 2.24) is 0 Å². The molecular weight excluding hydrogens is 699 g/mol. The molecule has 0 amide bonds. The van der Waals surface area contributed by atoms with Gasteiger partial charge in [0.05, 0.1) is 5.48 Å². The Kier molecular flexibility index (Phi) is 7.30. The topological polar surface area (TPSA) is 3.24 Å². The lowest BCUT2D eigenvalue weighted by atomic mass is 9.88. The fourth-order valence-electron chi connectivity index (χ4n) is 8.87. The highest BCUT2D eigenvalue weighted by Crippen LogP contribution is 2.48. The second-order valence-corrected chi connectivity index (χ2v) is 14.9. The van der Waals surface area contributed by atoms with Gasteiger partial charge < -0.3 is 4.90 Å². The molecule has 0 unspecified atom stereocenters. The van der Waals surface area contributed by atoms with Crippen LogP contribution in [-0.2, 0) is 0 Å². The second kappa shape index (κ2) is 14.2. The van der Waals surface area contributed by atoms with Gasteiger partial charge in [-0.1, -0.05) is 194 Å². The molecule has 58 heavy (non-hydrogen) atoms. The van der Waals surface area contributed by atoms with Gasteiger partial charge in [0, 0.05) is 23.0 Å². The Morgan fingerprint density at radius 1 is 0.345 bits per heavy atom. The Labute approximate surface area is 345 Å². The molecule has 10 aromatic carbocycles. The van der Waals surface area contributed by atoms with E-state index >= 15 is 0 Å². The number of benzene rings is 10. The van der Waals surface area contributed by atoms with Crippen LogP contribution in [0.3, 0.4) is 0 Å². The first kappa shape index (κ1) is 29.8. The van der Waals surface area contributed by atoms with Gasteiger partial charge in [0.2, 0.25) is 0 Å². The maximum absolute atomic E-state index is 9.67. The molecular formula is C57H39N. The second-order valence-electron chi connectivity index (χ2n) is 14.9. The Bertz CT molecular complexity index is 3160. The summed E-state index contributed by atoms with van der Waals surface area (Å²) in [7, 11) is 0. The van der Waals surface area contributed by atoms with E-state index in [1.165, 1.54) is 32.7 Å². The van der Waals surface area contributed by atoms with Crippen molar-refractivity contribution < 1.29 is 5.48 Å². The number of rotatable bonds is 7.